The van der Waals surface area contributed by atoms with Crippen LogP contribution in [0.15, 0.2) is 24.3 Å². The average molecular weight is 233 g/mol. The fraction of sp³-hybridized carbons (Fsp3) is 0.600. The van der Waals surface area contributed by atoms with Crippen LogP contribution in [0.3, 0.4) is 0 Å². The number of rotatable bonds is 4. The second-order valence-corrected chi connectivity index (χ2v) is 5.27. The third-order valence-corrected chi connectivity index (χ3v) is 3.90. The minimum atomic E-state index is 0.0846. The van der Waals surface area contributed by atoms with E-state index in [9.17, 15) is 0 Å². The van der Waals surface area contributed by atoms with Crippen molar-refractivity contribution in [1.29, 1.82) is 0 Å². The zero-order chi connectivity index (χ0) is 12.1. The van der Waals surface area contributed by atoms with Crippen LogP contribution in [0.25, 0.3) is 0 Å². The van der Waals surface area contributed by atoms with Gasteiger partial charge in [0.2, 0.25) is 0 Å². The van der Waals surface area contributed by atoms with Crippen molar-refractivity contribution in [2.45, 2.75) is 50.5 Å². The fourth-order valence-corrected chi connectivity index (χ4v) is 2.73. The maximum absolute atomic E-state index is 6.45. The van der Waals surface area contributed by atoms with Crippen molar-refractivity contribution in [3.05, 3.63) is 29.8 Å². The molecule has 0 heterocycles. The Kier molecular flexibility index (Phi) is 4.06. The van der Waals surface area contributed by atoms with Crippen molar-refractivity contribution in [2.75, 3.05) is 7.11 Å². The molecule has 2 rings (SSSR count). The first kappa shape index (κ1) is 12.4. The molecular weight excluding hydrogens is 210 g/mol. The Labute approximate surface area is 104 Å². The molecule has 0 radical (unpaired) electrons. The van der Waals surface area contributed by atoms with E-state index in [0.717, 1.165) is 18.6 Å². The molecule has 0 bridgehead atoms. The Balaban J connectivity index is 1.92. The first-order valence-corrected chi connectivity index (χ1v) is 6.64. The van der Waals surface area contributed by atoms with Gasteiger partial charge in [-0.3, -0.25) is 0 Å². The molecule has 1 aromatic rings. The monoisotopic (exact) mass is 233 g/mol. The Hall–Kier alpha value is -1.02. The van der Waals surface area contributed by atoms with Gasteiger partial charge in [0, 0.05) is 5.54 Å². The van der Waals surface area contributed by atoms with E-state index in [1.165, 1.54) is 37.7 Å². The summed E-state index contributed by atoms with van der Waals surface area (Å²) in [6.07, 6.45) is 8.50. The minimum Gasteiger partial charge on any atom is -0.497 e. The molecule has 0 aromatic heterocycles. The van der Waals surface area contributed by atoms with Gasteiger partial charge in [0.25, 0.3) is 0 Å². The van der Waals surface area contributed by atoms with Crippen LogP contribution in [0, 0.1) is 0 Å². The highest BCUT2D eigenvalue weighted by atomic mass is 16.5. The number of aryl methyl sites for hydroxylation is 1. The molecule has 0 unspecified atom stereocenters. The summed E-state index contributed by atoms with van der Waals surface area (Å²) in [5.74, 6) is 0.942. The summed E-state index contributed by atoms with van der Waals surface area (Å²) in [5.41, 5.74) is 7.86. The maximum atomic E-state index is 6.45. The van der Waals surface area contributed by atoms with Crippen LogP contribution in [0.2, 0.25) is 0 Å². The summed E-state index contributed by atoms with van der Waals surface area (Å²) >= 11 is 0. The van der Waals surface area contributed by atoms with Gasteiger partial charge in [-0.15, -0.1) is 0 Å². The topological polar surface area (TPSA) is 35.2 Å². The molecule has 2 N–H and O–H groups in total. The van der Waals surface area contributed by atoms with E-state index in [-0.39, 0.29) is 5.54 Å². The number of methoxy groups -OCH3 is 1. The normalized spacial score (nSPS) is 18.9. The lowest BCUT2D eigenvalue weighted by molar-refractivity contribution is 0.278. The first-order chi connectivity index (χ1) is 8.22. The Bertz CT molecular complexity index is 356. The number of benzene rings is 1. The van der Waals surface area contributed by atoms with Crippen LogP contribution < -0.4 is 10.5 Å². The summed E-state index contributed by atoms with van der Waals surface area (Å²) in [5, 5.41) is 0. The third-order valence-electron chi connectivity index (χ3n) is 3.90. The SMILES string of the molecule is COc1cccc(CCC2(N)CCCCC2)c1. The number of ether oxygens (including phenoxy) is 1. The molecule has 17 heavy (non-hydrogen) atoms. The van der Waals surface area contributed by atoms with Crippen molar-refractivity contribution in [3.63, 3.8) is 0 Å². The Morgan fingerprint density at radius 3 is 2.71 bits per heavy atom. The molecule has 2 nitrogen and oxygen atoms in total. The zero-order valence-electron chi connectivity index (χ0n) is 10.7. The second kappa shape index (κ2) is 5.54. The van der Waals surface area contributed by atoms with Crippen LogP contribution in [0.1, 0.15) is 44.1 Å². The van der Waals surface area contributed by atoms with E-state index < -0.39 is 0 Å². The second-order valence-electron chi connectivity index (χ2n) is 5.27. The molecule has 0 aliphatic heterocycles. The predicted octanol–water partition coefficient (Wildman–Crippen LogP) is 3.29. The number of nitrogens with two attached hydrogens (primary N) is 1. The van der Waals surface area contributed by atoms with Crippen LogP contribution in [0.5, 0.6) is 5.75 Å². The summed E-state index contributed by atoms with van der Waals surface area (Å²) in [7, 11) is 1.71. The highest BCUT2D eigenvalue weighted by Crippen LogP contribution is 2.30. The van der Waals surface area contributed by atoms with E-state index in [1.54, 1.807) is 7.11 Å². The lowest BCUT2D eigenvalue weighted by atomic mass is 9.79. The lowest BCUT2D eigenvalue weighted by Gasteiger charge is -2.33. The number of hydrogen-bond donors (Lipinski definition) is 1. The van der Waals surface area contributed by atoms with Gasteiger partial charge in [-0.2, -0.15) is 0 Å². The van der Waals surface area contributed by atoms with Crippen molar-refractivity contribution < 1.29 is 4.74 Å². The van der Waals surface area contributed by atoms with Crippen molar-refractivity contribution in [1.82, 2.24) is 0 Å². The lowest BCUT2D eigenvalue weighted by Crippen LogP contribution is -2.42. The largest absolute Gasteiger partial charge is 0.497 e. The van der Waals surface area contributed by atoms with Crippen LogP contribution in [-0.2, 0) is 6.42 Å². The highest BCUT2D eigenvalue weighted by Gasteiger charge is 2.26. The highest BCUT2D eigenvalue weighted by molar-refractivity contribution is 5.28. The Morgan fingerprint density at radius 2 is 2.00 bits per heavy atom. The average Bonchev–Trinajstić information content (AvgIpc) is 2.38. The van der Waals surface area contributed by atoms with E-state index in [2.05, 4.69) is 18.2 Å². The van der Waals surface area contributed by atoms with Gasteiger partial charge >= 0.3 is 0 Å². The molecular formula is C15H23NO. The van der Waals surface area contributed by atoms with Gasteiger partial charge in [0.05, 0.1) is 7.11 Å². The molecule has 94 valence electrons. The fourth-order valence-electron chi connectivity index (χ4n) is 2.73. The molecule has 0 spiro atoms. The van der Waals surface area contributed by atoms with Gasteiger partial charge in [0.15, 0.2) is 0 Å². The number of hydrogen-bond acceptors (Lipinski definition) is 2. The summed E-state index contributed by atoms with van der Waals surface area (Å²) in [6.45, 7) is 0. The van der Waals surface area contributed by atoms with Crippen LogP contribution in [0.4, 0.5) is 0 Å². The van der Waals surface area contributed by atoms with Crippen LogP contribution >= 0.6 is 0 Å². The summed E-state index contributed by atoms with van der Waals surface area (Å²) in [6, 6.07) is 8.32. The standard InChI is InChI=1S/C15H23NO/c1-17-14-7-5-6-13(12-14)8-11-15(16)9-3-2-4-10-15/h5-7,12H,2-4,8-11,16H2,1H3. The van der Waals surface area contributed by atoms with E-state index >= 15 is 0 Å². The predicted molar refractivity (Wildman–Crippen MR) is 71.3 cm³/mol. The molecule has 1 saturated carbocycles. The molecule has 0 atom stereocenters. The molecule has 1 aliphatic rings. The molecule has 1 aliphatic carbocycles. The minimum absolute atomic E-state index is 0.0846. The van der Waals surface area contributed by atoms with Gasteiger partial charge < -0.3 is 10.5 Å². The maximum Gasteiger partial charge on any atom is 0.119 e. The summed E-state index contributed by atoms with van der Waals surface area (Å²) < 4.78 is 5.24. The zero-order valence-corrected chi connectivity index (χ0v) is 10.7. The van der Waals surface area contributed by atoms with Gasteiger partial charge in [-0.1, -0.05) is 31.4 Å². The molecule has 1 aromatic carbocycles. The van der Waals surface area contributed by atoms with Crippen molar-refractivity contribution in [2.24, 2.45) is 5.73 Å². The van der Waals surface area contributed by atoms with Gasteiger partial charge in [-0.25, -0.2) is 0 Å². The smallest absolute Gasteiger partial charge is 0.119 e. The molecule has 0 amide bonds. The quantitative estimate of drug-likeness (QED) is 0.866. The van der Waals surface area contributed by atoms with Crippen molar-refractivity contribution >= 4 is 0 Å². The molecule has 0 saturated heterocycles. The third kappa shape index (κ3) is 3.47. The summed E-state index contributed by atoms with van der Waals surface area (Å²) in [4.78, 5) is 0. The van der Waals surface area contributed by atoms with Crippen molar-refractivity contribution in [3.8, 4) is 5.75 Å². The van der Waals surface area contributed by atoms with Gasteiger partial charge in [0.1, 0.15) is 5.75 Å². The van der Waals surface area contributed by atoms with Crippen LogP contribution in [-0.4, -0.2) is 12.6 Å². The Morgan fingerprint density at radius 1 is 1.24 bits per heavy atom. The molecule has 2 heteroatoms. The first-order valence-electron chi connectivity index (χ1n) is 6.64. The van der Waals surface area contributed by atoms with E-state index in [1.807, 2.05) is 6.07 Å². The van der Waals surface area contributed by atoms with Gasteiger partial charge in [-0.05, 0) is 43.4 Å². The van der Waals surface area contributed by atoms with E-state index in [0.29, 0.717) is 0 Å². The van der Waals surface area contributed by atoms with E-state index in [4.69, 9.17) is 10.5 Å². The molecule has 1 fully saturated rings.